The van der Waals surface area contributed by atoms with Crippen molar-refractivity contribution in [2.75, 3.05) is 20.8 Å². The number of hydrogen-bond donors (Lipinski definition) is 1. The number of hydrogen-bond acceptors (Lipinski definition) is 3. The molecule has 1 atom stereocenters. The number of aliphatic hydroxyl groups is 1. The molecule has 0 aliphatic heterocycles. The summed E-state index contributed by atoms with van der Waals surface area (Å²) in [6, 6.07) is 9.06. The zero-order valence-corrected chi connectivity index (χ0v) is 14.3. The second-order valence-corrected chi connectivity index (χ2v) is 6.83. The molecule has 1 aromatic carbocycles. The third kappa shape index (κ3) is 4.72. The second-order valence-electron chi connectivity index (χ2n) is 6.83. The molecule has 0 amide bonds. The van der Waals surface area contributed by atoms with Gasteiger partial charge in [-0.3, -0.25) is 4.90 Å². The van der Waals surface area contributed by atoms with E-state index in [1.807, 2.05) is 12.1 Å². The molecular weight excluding hydrogens is 274 g/mol. The first-order chi connectivity index (χ1) is 10.7. The molecule has 1 aromatic rings. The zero-order chi connectivity index (χ0) is 15.9. The average molecular weight is 305 g/mol. The Balaban J connectivity index is 1.72. The summed E-state index contributed by atoms with van der Waals surface area (Å²) in [5, 5.41) is 9.42. The lowest BCUT2D eigenvalue weighted by Gasteiger charge is -2.42. The van der Waals surface area contributed by atoms with Gasteiger partial charge in [-0.15, -0.1) is 0 Å². The maximum atomic E-state index is 9.42. The van der Waals surface area contributed by atoms with E-state index in [4.69, 9.17) is 4.74 Å². The molecule has 3 nitrogen and oxygen atoms in total. The predicted molar refractivity (Wildman–Crippen MR) is 91.1 cm³/mol. The fourth-order valence-electron chi connectivity index (χ4n) is 3.56. The molecule has 0 heterocycles. The van der Waals surface area contributed by atoms with E-state index in [0.29, 0.717) is 18.6 Å². The SMILES string of the molecule is CCCC(CO)CC1CC(N(C)Cc2ccc(OC)cc2)C1. The summed E-state index contributed by atoms with van der Waals surface area (Å²) in [6.45, 7) is 3.56. The van der Waals surface area contributed by atoms with Crippen LogP contribution in [0.5, 0.6) is 5.75 Å². The number of benzene rings is 1. The molecule has 1 aliphatic rings. The van der Waals surface area contributed by atoms with Crippen LogP contribution in [0.25, 0.3) is 0 Å². The first kappa shape index (κ1) is 17.3. The van der Waals surface area contributed by atoms with Gasteiger partial charge in [-0.1, -0.05) is 25.5 Å². The van der Waals surface area contributed by atoms with Crippen molar-refractivity contribution < 1.29 is 9.84 Å². The maximum Gasteiger partial charge on any atom is 0.118 e. The van der Waals surface area contributed by atoms with Gasteiger partial charge in [0.15, 0.2) is 0 Å². The van der Waals surface area contributed by atoms with E-state index in [1.54, 1.807) is 7.11 Å². The minimum atomic E-state index is 0.358. The fourth-order valence-corrected chi connectivity index (χ4v) is 3.56. The van der Waals surface area contributed by atoms with Gasteiger partial charge in [0.2, 0.25) is 0 Å². The summed E-state index contributed by atoms with van der Waals surface area (Å²) in [7, 11) is 3.93. The quantitative estimate of drug-likeness (QED) is 0.755. The van der Waals surface area contributed by atoms with E-state index in [2.05, 4.69) is 31.0 Å². The molecule has 1 aliphatic carbocycles. The van der Waals surface area contributed by atoms with Crippen molar-refractivity contribution in [2.24, 2.45) is 11.8 Å². The van der Waals surface area contributed by atoms with Crippen molar-refractivity contribution in [2.45, 2.75) is 51.6 Å². The molecule has 2 rings (SSSR count). The maximum absolute atomic E-state index is 9.42. The molecule has 0 saturated heterocycles. The molecule has 1 N–H and O–H groups in total. The lowest BCUT2D eigenvalue weighted by molar-refractivity contribution is 0.0691. The van der Waals surface area contributed by atoms with E-state index >= 15 is 0 Å². The van der Waals surface area contributed by atoms with E-state index < -0.39 is 0 Å². The van der Waals surface area contributed by atoms with Gasteiger partial charge in [-0.25, -0.2) is 0 Å². The Morgan fingerprint density at radius 3 is 2.50 bits per heavy atom. The fraction of sp³-hybridized carbons (Fsp3) is 0.684. The van der Waals surface area contributed by atoms with E-state index in [-0.39, 0.29) is 0 Å². The number of methoxy groups -OCH3 is 1. The summed E-state index contributed by atoms with van der Waals surface area (Å²) in [5.41, 5.74) is 1.34. The number of rotatable bonds is 9. The van der Waals surface area contributed by atoms with Gasteiger partial charge in [-0.2, -0.15) is 0 Å². The summed E-state index contributed by atoms with van der Waals surface area (Å²) in [5.74, 6) is 2.25. The molecule has 124 valence electrons. The van der Waals surface area contributed by atoms with Crippen molar-refractivity contribution in [3.8, 4) is 5.75 Å². The van der Waals surface area contributed by atoms with Gasteiger partial charge in [0, 0.05) is 19.2 Å². The Morgan fingerprint density at radius 1 is 1.27 bits per heavy atom. The Kier molecular flexibility index (Phi) is 6.71. The minimum absolute atomic E-state index is 0.358. The Hall–Kier alpha value is -1.06. The Labute approximate surface area is 135 Å². The third-order valence-electron chi connectivity index (χ3n) is 5.05. The summed E-state index contributed by atoms with van der Waals surface area (Å²) in [6.07, 6.45) is 6.12. The van der Waals surface area contributed by atoms with Gasteiger partial charge in [0.1, 0.15) is 5.75 Å². The molecule has 22 heavy (non-hydrogen) atoms. The topological polar surface area (TPSA) is 32.7 Å². The van der Waals surface area contributed by atoms with Crippen LogP contribution in [0.2, 0.25) is 0 Å². The van der Waals surface area contributed by atoms with Crippen molar-refractivity contribution in [3.63, 3.8) is 0 Å². The second kappa shape index (κ2) is 8.54. The lowest BCUT2D eigenvalue weighted by Crippen LogP contribution is -2.42. The van der Waals surface area contributed by atoms with Gasteiger partial charge in [0.05, 0.1) is 7.11 Å². The van der Waals surface area contributed by atoms with Crippen molar-refractivity contribution in [3.05, 3.63) is 29.8 Å². The van der Waals surface area contributed by atoms with Crippen LogP contribution in [0.1, 0.15) is 44.6 Å². The largest absolute Gasteiger partial charge is 0.497 e. The minimum Gasteiger partial charge on any atom is -0.497 e. The van der Waals surface area contributed by atoms with Gasteiger partial charge >= 0.3 is 0 Å². The van der Waals surface area contributed by atoms with Crippen molar-refractivity contribution >= 4 is 0 Å². The molecule has 0 aromatic heterocycles. The van der Waals surface area contributed by atoms with Crippen LogP contribution < -0.4 is 4.74 Å². The van der Waals surface area contributed by atoms with E-state index in [1.165, 1.54) is 37.7 Å². The van der Waals surface area contributed by atoms with Crippen molar-refractivity contribution in [1.82, 2.24) is 4.90 Å². The van der Waals surface area contributed by atoms with Gasteiger partial charge < -0.3 is 9.84 Å². The third-order valence-corrected chi connectivity index (χ3v) is 5.05. The highest BCUT2D eigenvalue weighted by atomic mass is 16.5. The number of ether oxygens (including phenoxy) is 1. The number of nitrogens with zero attached hydrogens (tertiary/aromatic N) is 1. The smallest absolute Gasteiger partial charge is 0.118 e. The van der Waals surface area contributed by atoms with Crippen LogP contribution in [0, 0.1) is 11.8 Å². The predicted octanol–water partition coefficient (Wildman–Crippen LogP) is 3.70. The molecule has 1 unspecified atom stereocenters. The summed E-state index contributed by atoms with van der Waals surface area (Å²) in [4.78, 5) is 2.46. The standard InChI is InChI=1S/C19H31NO2/c1-4-5-16(14-21)10-17-11-18(12-17)20(2)13-15-6-8-19(22-3)9-7-15/h6-9,16-18,21H,4-5,10-14H2,1-3H3. The Bertz CT molecular complexity index is 426. The van der Waals surface area contributed by atoms with Crippen LogP contribution in [0.4, 0.5) is 0 Å². The molecule has 1 saturated carbocycles. The van der Waals surface area contributed by atoms with Crippen LogP contribution in [0.3, 0.4) is 0 Å². The molecule has 1 fully saturated rings. The van der Waals surface area contributed by atoms with Gasteiger partial charge in [0.25, 0.3) is 0 Å². The van der Waals surface area contributed by atoms with Crippen LogP contribution in [0.15, 0.2) is 24.3 Å². The molecule has 3 heteroatoms. The molecular formula is C19H31NO2. The average Bonchev–Trinajstić information content (AvgIpc) is 2.49. The normalized spacial score (nSPS) is 22.4. The highest BCUT2D eigenvalue weighted by Crippen LogP contribution is 2.37. The first-order valence-corrected chi connectivity index (χ1v) is 8.60. The van der Waals surface area contributed by atoms with E-state index in [0.717, 1.165) is 18.2 Å². The monoisotopic (exact) mass is 305 g/mol. The first-order valence-electron chi connectivity index (χ1n) is 8.60. The van der Waals surface area contributed by atoms with Crippen LogP contribution in [-0.2, 0) is 6.54 Å². The van der Waals surface area contributed by atoms with Crippen LogP contribution >= 0.6 is 0 Å². The highest BCUT2D eigenvalue weighted by molar-refractivity contribution is 5.27. The molecule has 0 radical (unpaired) electrons. The van der Waals surface area contributed by atoms with E-state index in [9.17, 15) is 5.11 Å². The highest BCUT2D eigenvalue weighted by Gasteiger charge is 2.33. The van der Waals surface area contributed by atoms with Crippen molar-refractivity contribution in [1.29, 1.82) is 0 Å². The zero-order valence-electron chi connectivity index (χ0n) is 14.3. The summed E-state index contributed by atoms with van der Waals surface area (Å²) >= 11 is 0. The summed E-state index contributed by atoms with van der Waals surface area (Å²) < 4.78 is 5.20. The van der Waals surface area contributed by atoms with Crippen LogP contribution in [-0.4, -0.2) is 36.8 Å². The lowest BCUT2D eigenvalue weighted by atomic mass is 9.74. The number of aliphatic hydroxyl groups excluding tert-OH is 1. The van der Waals surface area contributed by atoms with Gasteiger partial charge in [-0.05, 0) is 62.3 Å². The molecule has 0 bridgehead atoms. The Morgan fingerprint density at radius 2 is 1.95 bits per heavy atom. The molecule has 0 spiro atoms.